The summed E-state index contributed by atoms with van der Waals surface area (Å²) in [5.41, 5.74) is 11.9. The Bertz CT molecular complexity index is 266. The zero-order valence-corrected chi connectivity index (χ0v) is 6.21. The molecule has 0 aromatic carbocycles. The van der Waals surface area contributed by atoms with Gasteiger partial charge in [-0.25, -0.2) is 4.98 Å². The minimum Gasteiger partial charge on any atom is -0.448 e. The number of aryl methyl sites for hydroxylation is 1. The fourth-order valence-corrected chi connectivity index (χ4v) is 1.38. The van der Waals surface area contributed by atoms with Crippen LogP contribution in [-0.4, -0.2) is 10.6 Å². The molecule has 0 aliphatic heterocycles. The van der Waals surface area contributed by atoms with Gasteiger partial charge in [-0.1, -0.05) is 0 Å². The van der Waals surface area contributed by atoms with E-state index >= 15 is 0 Å². The maximum Gasteiger partial charge on any atom is 0.181 e. The molecule has 0 fully saturated rings. The second kappa shape index (κ2) is 2.06. The standard InChI is InChI=1S/C7H11N3O/c8-7(9)2-1-5-6(3-7)11-4-10-5/h4H,1-3,8-9H2. The molecular weight excluding hydrogens is 142 g/mol. The summed E-state index contributed by atoms with van der Waals surface area (Å²) < 4.78 is 5.12. The Balaban J connectivity index is 2.32. The van der Waals surface area contributed by atoms with Crippen molar-refractivity contribution in [2.75, 3.05) is 0 Å². The van der Waals surface area contributed by atoms with Gasteiger partial charge in [0.2, 0.25) is 0 Å². The molecule has 1 aromatic rings. The molecule has 1 aliphatic rings. The van der Waals surface area contributed by atoms with Crippen LogP contribution in [0, 0.1) is 0 Å². The topological polar surface area (TPSA) is 78.1 Å². The van der Waals surface area contributed by atoms with Crippen molar-refractivity contribution in [1.82, 2.24) is 4.98 Å². The van der Waals surface area contributed by atoms with Crippen LogP contribution in [0.5, 0.6) is 0 Å². The van der Waals surface area contributed by atoms with Crippen molar-refractivity contribution in [2.45, 2.75) is 24.9 Å². The lowest BCUT2D eigenvalue weighted by Gasteiger charge is -2.26. The molecule has 0 saturated heterocycles. The van der Waals surface area contributed by atoms with Gasteiger partial charge in [-0.2, -0.15) is 0 Å². The predicted octanol–water partition coefficient (Wildman–Crippen LogP) is -0.223. The summed E-state index contributed by atoms with van der Waals surface area (Å²) >= 11 is 0. The van der Waals surface area contributed by atoms with Gasteiger partial charge in [0.1, 0.15) is 5.76 Å². The molecule has 2 rings (SSSR count). The first-order valence-electron chi connectivity index (χ1n) is 3.66. The lowest BCUT2D eigenvalue weighted by Crippen LogP contribution is -2.53. The van der Waals surface area contributed by atoms with Crippen LogP contribution < -0.4 is 11.5 Å². The molecule has 0 spiro atoms. The van der Waals surface area contributed by atoms with Crippen molar-refractivity contribution in [1.29, 1.82) is 0 Å². The second-order valence-electron chi connectivity index (χ2n) is 3.13. The van der Waals surface area contributed by atoms with Crippen LogP contribution in [0.25, 0.3) is 0 Å². The molecule has 1 heterocycles. The second-order valence-corrected chi connectivity index (χ2v) is 3.13. The number of hydrogen-bond acceptors (Lipinski definition) is 4. The summed E-state index contributed by atoms with van der Waals surface area (Å²) in [4.78, 5) is 4.04. The monoisotopic (exact) mass is 153 g/mol. The van der Waals surface area contributed by atoms with Crippen LogP contribution in [0.4, 0.5) is 0 Å². The molecule has 4 nitrogen and oxygen atoms in total. The minimum atomic E-state index is -0.591. The molecule has 0 bridgehead atoms. The molecule has 60 valence electrons. The van der Waals surface area contributed by atoms with E-state index in [0.29, 0.717) is 6.42 Å². The van der Waals surface area contributed by atoms with Gasteiger partial charge in [-0.3, -0.25) is 0 Å². The van der Waals surface area contributed by atoms with Gasteiger partial charge in [-0.05, 0) is 12.8 Å². The summed E-state index contributed by atoms with van der Waals surface area (Å²) in [6, 6.07) is 0. The molecule has 4 N–H and O–H groups in total. The zero-order chi connectivity index (χ0) is 7.90. The predicted molar refractivity (Wildman–Crippen MR) is 39.6 cm³/mol. The fourth-order valence-electron chi connectivity index (χ4n) is 1.38. The average molecular weight is 153 g/mol. The first-order chi connectivity index (χ1) is 5.17. The number of nitrogens with two attached hydrogens (primary N) is 2. The molecule has 11 heavy (non-hydrogen) atoms. The highest BCUT2D eigenvalue weighted by molar-refractivity contribution is 5.15. The van der Waals surface area contributed by atoms with E-state index in [1.165, 1.54) is 6.39 Å². The van der Waals surface area contributed by atoms with Gasteiger partial charge in [0, 0.05) is 6.42 Å². The van der Waals surface area contributed by atoms with E-state index in [1.54, 1.807) is 0 Å². The smallest absolute Gasteiger partial charge is 0.181 e. The average Bonchev–Trinajstić information content (AvgIpc) is 2.31. The van der Waals surface area contributed by atoms with E-state index in [1.807, 2.05) is 0 Å². The summed E-state index contributed by atoms with van der Waals surface area (Å²) in [6.07, 6.45) is 3.67. The minimum absolute atomic E-state index is 0.591. The van der Waals surface area contributed by atoms with Crippen LogP contribution in [0.3, 0.4) is 0 Å². The summed E-state index contributed by atoms with van der Waals surface area (Å²) in [7, 11) is 0. The molecule has 0 saturated carbocycles. The molecular formula is C7H11N3O. The zero-order valence-electron chi connectivity index (χ0n) is 6.21. The lowest BCUT2D eigenvalue weighted by atomic mass is 9.92. The van der Waals surface area contributed by atoms with Crippen molar-refractivity contribution < 1.29 is 4.42 Å². The molecule has 0 amide bonds. The van der Waals surface area contributed by atoms with Crippen LogP contribution in [0.2, 0.25) is 0 Å². The summed E-state index contributed by atoms with van der Waals surface area (Å²) in [5, 5.41) is 0. The molecule has 0 atom stereocenters. The van der Waals surface area contributed by atoms with E-state index in [9.17, 15) is 0 Å². The van der Waals surface area contributed by atoms with E-state index in [4.69, 9.17) is 15.9 Å². The van der Waals surface area contributed by atoms with Crippen molar-refractivity contribution in [3.63, 3.8) is 0 Å². The van der Waals surface area contributed by atoms with Crippen LogP contribution in [0.15, 0.2) is 10.8 Å². The van der Waals surface area contributed by atoms with Crippen LogP contribution in [-0.2, 0) is 12.8 Å². The number of oxazole rings is 1. The first kappa shape index (κ1) is 6.82. The number of hydrogen-bond donors (Lipinski definition) is 2. The highest BCUT2D eigenvalue weighted by Gasteiger charge is 2.28. The van der Waals surface area contributed by atoms with Gasteiger partial charge in [0.05, 0.1) is 11.4 Å². The molecule has 1 aliphatic carbocycles. The lowest BCUT2D eigenvalue weighted by molar-refractivity contribution is 0.342. The Morgan fingerprint density at radius 3 is 3.18 bits per heavy atom. The van der Waals surface area contributed by atoms with Crippen molar-refractivity contribution >= 4 is 0 Å². The van der Waals surface area contributed by atoms with Crippen molar-refractivity contribution in [3.8, 4) is 0 Å². The Morgan fingerprint density at radius 1 is 1.55 bits per heavy atom. The molecule has 0 unspecified atom stereocenters. The molecule has 4 heteroatoms. The normalized spacial score (nSPS) is 21.3. The number of fused-ring (bicyclic) bond motifs is 1. The molecule has 1 aromatic heterocycles. The summed E-state index contributed by atoms with van der Waals surface area (Å²) in [6.45, 7) is 0. The van der Waals surface area contributed by atoms with E-state index < -0.39 is 5.66 Å². The first-order valence-corrected chi connectivity index (χ1v) is 3.66. The van der Waals surface area contributed by atoms with Crippen molar-refractivity contribution in [2.24, 2.45) is 11.5 Å². The van der Waals surface area contributed by atoms with E-state index in [-0.39, 0.29) is 0 Å². The Labute approximate surface area is 64.6 Å². The SMILES string of the molecule is NC1(N)CCc2ncoc2C1. The Morgan fingerprint density at radius 2 is 2.36 bits per heavy atom. The maximum atomic E-state index is 5.74. The van der Waals surface area contributed by atoms with Crippen molar-refractivity contribution in [3.05, 3.63) is 17.8 Å². The number of aromatic nitrogens is 1. The Kier molecular flexibility index (Phi) is 1.27. The van der Waals surface area contributed by atoms with E-state index in [0.717, 1.165) is 24.3 Å². The summed E-state index contributed by atoms with van der Waals surface area (Å²) in [5.74, 6) is 0.848. The molecule has 0 radical (unpaired) electrons. The number of rotatable bonds is 0. The van der Waals surface area contributed by atoms with Gasteiger partial charge in [0.15, 0.2) is 6.39 Å². The van der Waals surface area contributed by atoms with E-state index in [2.05, 4.69) is 4.98 Å². The Hall–Kier alpha value is -0.870. The van der Waals surface area contributed by atoms with Crippen LogP contribution >= 0.6 is 0 Å². The van der Waals surface area contributed by atoms with Gasteiger partial charge >= 0.3 is 0 Å². The number of nitrogens with zero attached hydrogens (tertiary/aromatic N) is 1. The third-order valence-electron chi connectivity index (χ3n) is 2.04. The largest absolute Gasteiger partial charge is 0.448 e. The third-order valence-corrected chi connectivity index (χ3v) is 2.04. The quantitative estimate of drug-likeness (QED) is 0.505. The highest BCUT2D eigenvalue weighted by atomic mass is 16.3. The van der Waals surface area contributed by atoms with Gasteiger partial charge in [-0.15, -0.1) is 0 Å². The van der Waals surface area contributed by atoms with Gasteiger partial charge in [0.25, 0.3) is 0 Å². The fraction of sp³-hybridized carbons (Fsp3) is 0.571. The third kappa shape index (κ3) is 1.15. The van der Waals surface area contributed by atoms with Crippen LogP contribution in [0.1, 0.15) is 17.9 Å². The maximum absolute atomic E-state index is 5.74. The van der Waals surface area contributed by atoms with Gasteiger partial charge < -0.3 is 15.9 Å². The highest BCUT2D eigenvalue weighted by Crippen LogP contribution is 2.22.